The summed E-state index contributed by atoms with van der Waals surface area (Å²) >= 11 is 0. The van der Waals surface area contributed by atoms with Crippen LogP contribution < -0.4 is 11.1 Å². The van der Waals surface area contributed by atoms with Gasteiger partial charge in [-0.05, 0) is 31.6 Å². The molecule has 0 aliphatic heterocycles. The lowest BCUT2D eigenvalue weighted by Gasteiger charge is -2.25. The summed E-state index contributed by atoms with van der Waals surface area (Å²) in [6.07, 6.45) is 3.47. The van der Waals surface area contributed by atoms with Gasteiger partial charge in [0.2, 0.25) is 5.91 Å². The van der Waals surface area contributed by atoms with Crippen molar-refractivity contribution in [1.29, 1.82) is 0 Å². The molecule has 0 saturated heterocycles. The molecule has 0 bridgehead atoms. The third kappa shape index (κ3) is 4.47. The van der Waals surface area contributed by atoms with Crippen LogP contribution in [-0.4, -0.2) is 43.4 Å². The molecule has 1 amide bonds. The number of hydrogen-bond donors (Lipinski definition) is 3. The minimum absolute atomic E-state index is 0.150. The summed E-state index contributed by atoms with van der Waals surface area (Å²) in [6, 6.07) is -0.584. The van der Waals surface area contributed by atoms with Gasteiger partial charge in [-0.15, -0.1) is 0 Å². The van der Waals surface area contributed by atoms with Crippen molar-refractivity contribution >= 4 is 5.91 Å². The zero-order valence-electron chi connectivity index (χ0n) is 9.82. The molecular weight excluding hydrogens is 208 g/mol. The summed E-state index contributed by atoms with van der Waals surface area (Å²) in [6.45, 7) is 0.901. The average molecular weight is 230 g/mol. The van der Waals surface area contributed by atoms with Crippen LogP contribution >= 0.6 is 0 Å². The van der Waals surface area contributed by atoms with Crippen molar-refractivity contribution in [3.63, 3.8) is 0 Å². The predicted octanol–water partition coefficient (Wildman–Crippen LogP) is -0.373. The molecule has 1 saturated carbocycles. The summed E-state index contributed by atoms with van der Waals surface area (Å²) in [5.41, 5.74) is 5.59. The molecule has 0 radical (unpaired) electrons. The third-order valence-electron chi connectivity index (χ3n) is 3.06. The van der Waals surface area contributed by atoms with Crippen molar-refractivity contribution < 1.29 is 14.6 Å². The van der Waals surface area contributed by atoms with Crippen LogP contribution in [0.2, 0.25) is 0 Å². The lowest BCUT2D eigenvalue weighted by atomic mass is 9.87. The van der Waals surface area contributed by atoms with E-state index >= 15 is 0 Å². The highest BCUT2D eigenvalue weighted by Crippen LogP contribution is 2.23. The van der Waals surface area contributed by atoms with Gasteiger partial charge in [-0.1, -0.05) is 0 Å². The third-order valence-corrected chi connectivity index (χ3v) is 3.06. The Hall–Kier alpha value is -0.650. The number of carbonyl (C=O) groups is 1. The topological polar surface area (TPSA) is 84.6 Å². The average Bonchev–Trinajstić information content (AvgIpc) is 2.28. The van der Waals surface area contributed by atoms with E-state index in [2.05, 4.69) is 5.32 Å². The minimum atomic E-state index is -0.584. The molecule has 0 spiro atoms. The maximum atomic E-state index is 11.5. The zero-order chi connectivity index (χ0) is 12.0. The summed E-state index contributed by atoms with van der Waals surface area (Å²) in [5.74, 6) is 0.315. The highest BCUT2D eigenvalue weighted by molar-refractivity contribution is 5.81. The van der Waals surface area contributed by atoms with E-state index in [1.807, 2.05) is 0 Å². The highest BCUT2D eigenvalue weighted by atomic mass is 16.5. The molecule has 1 atom stereocenters. The number of aliphatic hydroxyl groups is 1. The fraction of sp³-hybridized carbons (Fsp3) is 0.909. The number of nitrogens with two attached hydrogens (primary N) is 1. The van der Waals surface area contributed by atoms with Crippen LogP contribution in [0.4, 0.5) is 0 Å². The number of nitrogens with one attached hydrogen (secondary N) is 1. The van der Waals surface area contributed by atoms with Crippen molar-refractivity contribution in [2.24, 2.45) is 11.7 Å². The normalized spacial score (nSPS) is 27.4. The Kier molecular flexibility index (Phi) is 5.73. The number of ether oxygens (including phenoxy) is 1. The van der Waals surface area contributed by atoms with Gasteiger partial charge in [0.1, 0.15) is 6.04 Å². The Morgan fingerprint density at radius 1 is 1.50 bits per heavy atom. The van der Waals surface area contributed by atoms with Crippen LogP contribution in [0.15, 0.2) is 0 Å². The van der Waals surface area contributed by atoms with E-state index in [9.17, 15) is 9.90 Å². The van der Waals surface area contributed by atoms with Crippen molar-refractivity contribution in [2.75, 3.05) is 20.3 Å². The molecule has 1 aliphatic carbocycles. The van der Waals surface area contributed by atoms with Gasteiger partial charge < -0.3 is 20.9 Å². The Balaban J connectivity index is 2.16. The van der Waals surface area contributed by atoms with Gasteiger partial charge in [0.15, 0.2) is 0 Å². The summed E-state index contributed by atoms with van der Waals surface area (Å²) in [7, 11) is 1.52. The summed E-state index contributed by atoms with van der Waals surface area (Å²) < 4.78 is 4.81. The van der Waals surface area contributed by atoms with Crippen LogP contribution in [0.5, 0.6) is 0 Å². The van der Waals surface area contributed by atoms with Gasteiger partial charge in [0.05, 0.1) is 12.7 Å². The predicted molar refractivity (Wildman–Crippen MR) is 60.8 cm³/mol. The van der Waals surface area contributed by atoms with E-state index in [1.54, 1.807) is 0 Å². The maximum Gasteiger partial charge on any atom is 0.239 e. The smallest absolute Gasteiger partial charge is 0.239 e. The monoisotopic (exact) mass is 230 g/mol. The van der Waals surface area contributed by atoms with Gasteiger partial charge in [0.25, 0.3) is 0 Å². The van der Waals surface area contributed by atoms with Gasteiger partial charge in [0, 0.05) is 13.7 Å². The lowest BCUT2D eigenvalue weighted by molar-refractivity contribution is -0.123. The van der Waals surface area contributed by atoms with E-state index < -0.39 is 6.04 Å². The molecule has 4 N–H and O–H groups in total. The molecule has 5 heteroatoms. The highest BCUT2D eigenvalue weighted by Gasteiger charge is 2.20. The number of rotatable bonds is 5. The molecule has 94 valence electrons. The largest absolute Gasteiger partial charge is 0.393 e. The standard InChI is InChI=1S/C11H22N2O3/c1-16-7-10(12)11(15)13-6-8-2-4-9(14)5-3-8/h8-10,14H,2-7,12H2,1H3,(H,13,15). The quantitative estimate of drug-likeness (QED) is 0.601. The Labute approximate surface area is 96.3 Å². The Morgan fingerprint density at radius 2 is 2.12 bits per heavy atom. The number of amides is 1. The Morgan fingerprint density at radius 3 is 2.69 bits per heavy atom. The first kappa shape index (κ1) is 13.4. The van der Waals surface area contributed by atoms with E-state index in [1.165, 1.54) is 7.11 Å². The van der Waals surface area contributed by atoms with E-state index in [-0.39, 0.29) is 18.6 Å². The van der Waals surface area contributed by atoms with Crippen LogP contribution in [0, 0.1) is 5.92 Å². The van der Waals surface area contributed by atoms with E-state index in [0.29, 0.717) is 12.5 Å². The molecule has 1 rings (SSSR count). The fourth-order valence-electron chi connectivity index (χ4n) is 1.98. The Bertz CT molecular complexity index is 215. The first-order chi connectivity index (χ1) is 7.63. The fourth-order valence-corrected chi connectivity index (χ4v) is 1.98. The van der Waals surface area contributed by atoms with Crippen LogP contribution in [0.3, 0.4) is 0 Å². The second kappa shape index (κ2) is 6.83. The first-order valence-corrected chi connectivity index (χ1v) is 5.83. The van der Waals surface area contributed by atoms with Crippen molar-refractivity contribution in [1.82, 2.24) is 5.32 Å². The number of methoxy groups -OCH3 is 1. The molecule has 1 fully saturated rings. The van der Waals surface area contributed by atoms with Crippen LogP contribution in [0.25, 0.3) is 0 Å². The molecule has 16 heavy (non-hydrogen) atoms. The minimum Gasteiger partial charge on any atom is -0.393 e. The molecule has 5 nitrogen and oxygen atoms in total. The van der Waals surface area contributed by atoms with Gasteiger partial charge in [-0.25, -0.2) is 0 Å². The number of aliphatic hydroxyl groups excluding tert-OH is 1. The molecule has 0 aromatic carbocycles. The summed E-state index contributed by atoms with van der Waals surface area (Å²) in [4.78, 5) is 11.5. The number of carbonyl (C=O) groups excluding carboxylic acids is 1. The van der Waals surface area contributed by atoms with E-state index in [4.69, 9.17) is 10.5 Å². The molecule has 0 aromatic heterocycles. The first-order valence-electron chi connectivity index (χ1n) is 5.83. The van der Waals surface area contributed by atoms with Gasteiger partial charge in [-0.3, -0.25) is 4.79 Å². The van der Waals surface area contributed by atoms with Crippen molar-refractivity contribution in [2.45, 2.75) is 37.8 Å². The molecule has 0 aromatic rings. The number of hydrogen-bond acceptors (Lipinski definition) is 4. The van der Waals surface area contributed by atoms with E-state index in [0.717, 1.165) is 25.7 Å². The lowest BCUT2D eigenvalue weighted by Crippen LogP contribution is -2.45. The zero-order valence-corrected chi connectivity index (χ0v) is 9.82. The van der Waals surface area contributed by atoms with Crippen LogP contribution in [-0.2, 0) is 9.53 Å². The molecular formula is C11H22N2O3. The second-order valence-corrected chi connectivity index (χ2v) is 4.48. The van der Waals surface area contributed by atoms with Crippen LogP contribution in [0.1, 0.15) is 25.7 Å². The SMILES string of the molecule is COCC(N)C(=O)NCC1CCC(O)CC1. The molecule has 0 heterocycles. The second-order valence-electron chi connectivity index (χ2n) is 4.48. The maximum absolute atomic E-state index is 11.5. The van der Waals surface area contributed by atoms with Crippen molar-refractivity contribution in [3.8, 4) is 0 Å². The summed E-state index contributed by atoms with van der Waals surface area (Å²) in [5, 5.41) is 12.2. The molecule has 1 aliphatic rings. The van der Waals surface area contributed by atoms with Crippen molar-refractivity contribution in [3.05, 3.63) is 0 Å². The van der Waals surface area contributed by atoms with Gasteiger partial charge >= 0.3 is 0 Å². The van der Waals surface area contributed by atoms with Gasteiger partial charge in [-0.2, -0.15) is 0 Å². The molecule has 1 unspecified atom stereocenters.